The van der Waals surface area contributed by atoms with Crippen molar-refractivity contribution < 1.29 is 13.9 Å². The normalized spacial score (nSPS) is 25.1. The highest BCUT2D eigenvalue weighted by molar-refractivity contribution is 5.85. The molecule has 0 aliphatic carbocycles. The van der Waals surface area contributed by atoms with Crippen LogP contribution in [-0.4, -0.2) is 41.9 Å². The van der Waals surface area contributed by atoms with E-state index in [9.17, 15) is 9.18 Å². The van der Waals surface area contributed by atoms with Gasteiger partial charge in [-0.1, -0.05) is 0 Å². The van der Waals surface area contributed by atoms with Gasteiger partial charge in [-0.05, 0) is 33.6 Å². The molecule has 1 aliphatic heterocycles. The van der Waals surface area contributed by atoms with Crippen LogP contribution in [0.2, 0.25) is 0 Å². The highest BCUT2D eigenvalue weighted by atomic mass is 35.5. The first-order valence-corrected chi connectivity index (χ1v) is 5.63. The minimum atomic E-state index is -1.45. The Balaban J connectivity index is 0.00000256. The number of carbonyl (C=O) groups excluding carboxylic acids is 1. The SMILES string of the molecule is CC(C)(C)OC(=O)N1CCCC(F)(CN)C1.Cl. The lowest BCUT2D eigenvalue weighted by molar-refractivity contribution is -0.00301. The molecule has 1 atom stereocenters. The minimum Gasteiger partial charge on any atom is -0.444 e. The maximum atomic E-state index is 14.0. The zero-order chi connectivity index (χ0) is 12.4. The number of carbonyl (C=O) groups is 1. The van der Waals surface area contributed by atoms with Gasteiger partial charge in [0.15, 0.2) is 0 Å². The van der Waals surface area contributed by atoms with Gasteiger partial charge < -0.3 is 15.4 Å². The number of nitrogens with zero attached hydrogens (tertiary/aromatic N) is 1. The third-order valence-electron chi connectivity index (χ3n) is 2.54. The third-order valence-corrected chi connectivity index (χ3v) is 2.54. The van der Waals surface area contributed by atoms with Crippen LogP contribution < -0.4 is 5.73 Å². The van der Waals surface area contributed by atoms with E-state index in [-0.39, 0.29) is 25.5 Å². The zero-order valence-electron chi connectivity index (χ0n) is 10.7. The van der Waals surface area contributed by atoms with Gasteiger partial charge in [0.05, 0.1) is 6.54 Å². The van der Waals surface area contributed by atoms with E-state index in [0.29, 0.717) is 19.4 Å². The van der Waals surface area contributed by atoms with E-state index in [1.807, 2.05) is 0 Å². The fourth-order valence-electron chi connectivity index (χ4n) is 1.74. The van der Waals surface area contributed by atoms with Gasteiger partial charge >= 0.3 is 6.09 Å². The molecule has 1 rings (SSSR count). The predicted molar refractivity (Wildman–Crippen MR) is 67.2 cm³/mol. The Morgan fingerprint density at radius 3 is 2.59 bits per heavy atom. The molecular formula is C11H22ClFN2O2. The minimum absolute atomic E-state index is 0. The van der Waals surface area contributed by atoms with E-state index in [1.54, 1.807) is 20.8 Å². The predicted octanol–water partition coefficient (Wildman–Crippen LogP) is 2.11. The number of alkyl halides is 1. The number of halogens is 2. The van der Waals surface area contributed by atoms with Crippen LogP contribution in [0.4, 0.5) is 9.18 Å². The van der Waals surface area contributed by atoms with E-state index in [2.05, 4.69) is 0 Å². The maximum Gasteiger partial charge on any atom is 0.410 e. The van der Waals surface area contributed by atoms with Crippen molar-refractivity contribution in [2.45, 2.75) is 44.9 Å². The molecule has 0 spiro atoms. The Morgan fingerprint density at radius 1 is 1.53 bits per heavy atom. The Hall–Kier alpha value is -0.550. The summed E-state index contributed by atoms with van der Waals surface area (Å²) in [6, 6.07) is 0. The maximum absolute atomic E-state index is 14.0. The van der Waals surface area contributed by atoms with Crippen molar-refractivity contribution in [3.63, 3.8) is 0 Å². The molecule has 1 amide bonds. The monoisotopic (exact) mass is 268 g/mol. The van der Waals surface area contributed by atoms with E-state index in [0.717, 1.165) is 0 Å². The molecular weight excluding hydrogens is 247 g/mol. The summed E-state index contributed by atoms with van der Waals surface area (Å²) < 4.78 is 19.2. The molecule has 1 heterocycles. The molecule has 6 heteroatoms. The van der Waals surface area contributed by atoms with Crippen molar-refractivity contribution in [2.24, 2.45) is 5.73 Å². The molecule has 0 saturated carbocycles. The van der Waals surface area contributed by atoms with Gasteiger partial charge in [0, 0.05) is 13.1 Å². The topological polar surface area (TPSA) is 55.6 Å². The molecule has 1 fully saturated rings. The number of nitrogens with two attached hydrogens (primary N) is 1. The largest absolute Gasteiger partial charge is 0.444 e. The quantitative estimate of drug-likeness (QED) is 0.792. The number of ether oxygens (including phenoxy) is 1. The number of hydrogen-bond acceptors (Lipinski definition) is 3. The second-order valence-corrected chi connectivity index (χ2v) is 5.36. The van der Waals surface area contributed by atoms with E-state index in [4.69, 9.17) is 10.5 Å². The van der Waals surface area contributed by atoms with Gasteiger partial charge in [-0.15, -0.1) is 12.4 Å². The fourth-order valence-corrected chi connectivity index (χ4v) is 1.74. The van der Waals surface area contributed by atoms with Crippen molar-refractivity contribution in [1.82, 2.24) is 4.90 Å². The fraction of sp³-hybridized carbons (Fsp3) is 0.909. The molecule has 17 heavy (non-hydrogen) atoms. The van der Waals surface area contributed by atoms with Gasteiger partial charge in [-0.2, -0.15) is 0 Å². The third kappa shape index (κ3) is 5.08. The zero-order valence-corrected chi connectivity index (χ0v) is 11.5. The molecule has 2 N–H and O–H groups in total. The lowest BCUT2D eigenvalue weighted by Crippen LogP contribution is -2.52. The van der Waals surface area contributed by atoms with Crippen LogP contribution in [0.5, 0.6) is 0 Å². The number of piperidine rings is 1. The van der Waals surface area contributed by atoms with Crippen molar-refractivity contribution in [3.8, 4) is 0 Å². The van der Waals surface area contributed by atoms with Crippen LogP contribution in [0.3, 0.4) is 0 Å². The average molecular weight is 269 g/mol. The number of rotatable bonds is 1. The first-order chi connectivity index (χ1) is 7.26. The molecule has 0 radical (unpaired) electrons. The van der Waals surface area contributed by atoms with Gasteiger partial charge in [0.25, 0.3) is 0 Å². The summed E-state index contributed by atoms with van der Waals surface area (Å²) in [4.78, 5) is 13.1. The summed E-state index contributed by atoms with van der Waals surface area (Å²) in [7, 11) is 0. The molecule has 1 saturated heterocycles. The number of amides is 1. The molecule has 0 aromatic rings. The standard InChI is InChI=1S/C11H21FN2O2.ClH/c1-10(2,3)16-9(15)14-6-4-5-11(12,7-13)8-14;/h4-8,13H2,1-3H3;1H. The van der Waals surface area contributed by atoms with Gasteiger partial charge in [0.2, 0.25) is 0 Å². The second kappa shape index (κ2) is 5.87. The molecule has 0 aromatic heterocycles. The summed E-state index contributed by atoms with van der Waals surface area (Å²) >= 11 is 0. The molecule has 4 nitrogen and oxygen atoms in total. The van der Waals surface area contributed by atoms with Crippen LogP contribution in [0.15, 0.2) is 0 Å². The smallest absolute Gasteiger partial charge is 0.410 e. The summed E-state index contributed by atoms with van der Waals surface area (Å²) in [5, 5.41) is 0. The van der Waals surface area contributed by atoms with Crippen LogP contribution in [0.1, 0.15) is 33.6 Å². The highest BCUT2D eigenvalue weighted by Gasteiger charge is 2.37. The van der Waals surface area contributed by atoms with Crippen LogP contribution in [-0.2, 0) is 4.74 Å². The Morgan fingerprint density at radius 2 is 2.12 bits per heavy atom. The first-order valence-electron chi connectivity index (χ1n) is 5.63. The molecule has 0 bridgehead atoms. The van der Waals surface area contributed by atoms with E-state index >= 15 is 0 Å². The summed E-state index contributed by atoms with van der Waals surface area (Å²) in [5.41, 5.74) is 3.38. The Labute approximate surface area is 108 Å². The molecule has 102 valence electrons. The van der Waals surface area contributed by atoms with Crippen LogP contribution >= 0.6 is 12.4 Å². The first kappa shape index (κ1) is 16.4. The van der Waals surface area contributed by atoms with Crippen molar-refractivity contribution in [3.05, 3.63) is 0 Å². The molecule has 1 unspecified atom stereocenters. The highest BCUT2D eigenvalue weighted by Crippen LogP contribution is 2.25. The summed E-state index contributed by atoms with van der Waals surface area (Å²) in [5.74, 6) is 0. The van der Waals surface area contributed by atoms with Crippen molar-refractivity contribution >= 4 is 18.5 Å². The van der Waals surface area contributed by atoms with Gasteiger partial charge in [0.1, 0.15) is 11.3 Å². The van der Waals surface area contributed by atoms with Gasteiger partial charge in [-0.3, -0.25) is 0 Å². The van der Waals surface area contributed by atoms with Gasteiger partial charge in [-0.25, -0.2) is 9.18 Å². The van der Waals surface area contributed by atoms with Crippen molar-refractivity contribution in [1.29, 1.82) is 0 Å². The lowest BCUT2D eigenvalue weighted by atomic mass is 9.95. The summed E-state index contributed by atoms with van der Waals surface area (Å²) in [6.45, 7) is 5.91. The van der Waals surface area contributed by atoms with Crippen LogP contribution in [0, 0.1) is 0 Å². The number of likely N-dealkylation sites (tertiary alicyclic amines) is 1. The van der Waals surface area contributed by atoms with Crippen LogP contribution in [0.25, 0.3) is 0 Å². The average Bonchev–Trinajstić information content (AvgIpc) is 2.15. The second-order valence-electron chi connectivity index (χ2n) is 5.36. The Bertz CT molecular complexity index is 271. The number of hydrogen-bond donors (Lipinski definition) is 1. The van der Waals surface area contributed by atoms with E-state index in [1.165, 1.54) is 4.90 Å². The van der Waals surface area contributed by atoms with E-state index < -0.39 is 17.4 Å². The van der Waals surface area contributed by atoms with Crippen molar-refractivity contribution in [2.75, 3.05) is 19.6 Å². The Kier molecular flexibility index (Phi) is 5.68. The lowest BCUT2D eigenvalue weighted by Gasteiger charge is -2.37. The summed E-state index contributed by atoms with van der Waals surface area (Å²) in [6.07, 6.45) is 0.595. The molecule has 0 aromatic carbocycles. The molecule has 1 aliphatic rings.